The summed E-state index contributed by atoms with van der Waals surface area (Å²) < 4.78 is 9.59. The van der Waals surface area contributed by atoms with E-state index in [1.54, 1.807) is 13.4 Å². The molecule has 6 heteroatoms. The van der Waals surface area contributed by atoms with E-state index in [1.807, 2.05) is 52.7 Å². The Hall–Kier alpha value is -3.67. The summed E-state index contributed by atoms with van der Waals surface area (Å²) in [6, 6.07) is 16.6. The number of benzene rings is 2. The number of fused-ring (bicyclic) bond motifs is 1. The van der Waals surface area contributed by atoms with Crippen molar-refractivity contribution in [2.24, 2.45) is 0 Å². The summed E-state index contributed by atoms with van der Waals surface area (Å²) >= 11 is 0. The number of hydrogen-bond acceptors (Lipinski definition) is 4. The third-order valence-corrected chi connectivity index (χ3v) is 5.48. The van der Waals surface area contributed by atoms with Crippen LogP contribution in [0, 0.1) is 6.92 Å². The summed E-state index contributed by atoms with van der Waals surface area (Å²) in [5, 5.41) is 4.67. The molecule has 0 fully saturated rings. The Morgan fingerprint density at radius 3 is 2.73 bits per heavy atom. The molecule has 0 amide bonds. The number of nitrogens with zero attached hydrogens (tertiary/aromatic N) is 5. The van der Waals surface area contributed by atoms with Gasteiger partial charge in [0.2, 0.25) is 0 Å². The summed E-state index contributed by atoms with van der Waals surface area (Å²) in [6.45, 7) is 2.88. The molecule has 1 aliphatic heterocycles. The molecule has 2 aromatic heterocycles. The maximum Gasteiger partial charge on any atom is 0.174 e. The summed E-state index contributed by atoms with van der Waals surface area (Å²) in [5.74, 6) is 2.89. The molecule has 0 spiro atoms. The molecule has 2 aromatic carbocycles. The SMILES string of the molecule is COc1cc(C=Cc2nc3n(n2)CC[C@@H]3c2ccccc2)ccc1-n1cnc(C)c1. The number of aromatic nitrogens is 5. The molecule has 0 unspecified atom stereocenters. The van der Waals surface area contributed by atoms with Crippen molar-refractivity contribution in [2.45, 2.75) is 25.8 Å². The van der Waals surface area contributed by atoms with Gasteiger partial charge in [0.25, 0.3) is 0 Å². The van der Waals surface area contributed by atoms with E-state index in [0.29, 0.717) is 5.92 Å². The average Bonchev–Trinajstić information content (AvgIpc) is 3.48. The van der Waals surface area contributed by atoms with E-state index >= 15 is 0 Å². The van der Waals surface area contributed by atoms with Crippen LogP contribution in [-0.2, 0) is 6.54 Å². The van der Waals surface area contributed by atoms with Crippen molar-refractivity contribution < 1.29 is 4.74 Å². The van der Waals surface area contributed by atoms with Gasteiger partial charge < -0.3 is 9.30 Å². The monoisotopic (exact) mass is 397 g/mol. The van der Waals surface area contributed by atoms with E-state index in [0.717, 1.165) is 47.3 Å². The molecule has 0 radical (unpaired) electrons. The lowest BCUT2D eigenvalue weighted by Crippen LogP contribution is -1.98. The van der Waals surface area contributed by atoms with Crippen LogP contribution in [0.15, 0.2) is 61.1 Å². The number of ether oxygens (including phenoxy) is 1. The van der Waals surface area contributed by atoms with Gasteiger partial charge in [-0.05, 0) is 42.7 Å². The van der Waals surface area contributed by atoms with Crippen LogP contribution in [0.3, 0.4) is 0 Å². The third-order valence-electron chi connectivity index (χ3n) is 5.48. The molecule has 0 N–H and O–H groups in total. The minimum atomic E-state index is 0.318. The second-order valence-electron chi connectivity index (χ2n) is 7.49. The van der Waals surface area contributed by atoms with E-state index in [9.17, 15) is 0 Å². The van der Waals surface area contributed by atoms with Crippen molar-refractivity contribution in [1.29, 1.82) is 0 Å². The van der Waals surface area contributed by atoms with E-state index in [1.165, 1.54) is 5.56 Å². The van der Waals surface area contributed by atoms with Crippen LogP contribution in [0.25, 0.3) is 17.8 Å². The highest BCUT2D eigenvalue weighted by atomic mass is 16.5. The summed E-state index contributed by atoms with van der Waals surface area (Å²) in [5.41, 5.74) is 4.25. The highest BCUT2D eigenvalue weighted by Crippen LogP contribution is 2.32. The molecule has 30 heavy (non-hydrogen) atoms. The van der Waals surface area contributed by atoms with E-state index in [4.69, 9.17) is 9.72 Å². The molecule has 6 nitrogen and oxygen atoms in total. The van der Waals surface area contributed by atoms with Gasteiger partial charge in [0.1, 0.15) is 11.6 Å². The normalized spacial score (nSPS) is 15.6. The first-order valence-electron chi connectivity index (χ1n) is 10.1. The van der Waals surface area contributed by atoms with Crippen LogP contribution in [0.1, 0.15) is 40.8 Å². The van der Waals surface area contributed by atoms with Crippen LogP contribution >= 0.6 is 0 Å². The van der Waals surface area contributed by atoms with Crippen molar-refractivity contribution in [3.8, 4) is 11.4 Å². The highest BCUT2D eigenvalue weighted by molar-refractivity contribution is 5.69. The van der Waals surface area contributed by atoms with Gasteiger partial charge in [-0.1, -0.05) is 42.5 Å². The van der Waals surface area contributed by atoms with E-state index < -0.39 is 0 Å². The largest absolute Gasteiger partial charge is 0.495 e. The van der Waals surface area contributed by atoms with Crippen molar-refractivity contribution >= 4 is 12.2 Å². The molecule has 1 atom stereocenters. The predicted molar refractivity (Wildman–Crippen MR) is 117 cm³/mol. The molecule has 0 aliphatic carbocycles. The van der Waals surface area contributed by atoms with Gasteiger partial charge in [-0.2, -0.15) is 5.10 Å². The maximum absolute atomic E-state index is 5.60. The number of hydrogen-bond donors (Lipinski definition) is 0. The predicted octanol–water partition coefficient (Wildman–Crippen LogP) is 4.49. The van der Waals surface area contributed by atoms with Gasteiger partial charge in [0.05, 0.1) is 24.8 Å². The quantitative estimate of drug-likeness (QED) is 0.498. The Morgan fingerprint density at radius 2 is 1.97 bits per heavy atom. The smallest absolute Gasteiger partial charge is 0.174 e. The zero-order valence-electron chi connectivity index (χ0n) is 17.1. The number of rotatable bonds is 5. The molecule has 0 saturated carbocycles. The molecule has 4 aromatic rings. The third kappa shape index (κ3) is 3.41. The van der Waals surface area contributed by atoms with Gasteiger partial charge in [0.15, 0.2) is 5.82 Å². The first-order chi connectivity index (χ1) is 14.7. The fourth-order valence-corrected chi connectivity index (χ4v) is 3.98. The van der Waals surface area contributed by atoms with Gasteiger partial charge in [-0.15, -0.1) is 0 Å². The highest BCUT2D eigenvalue weighted by Gasteiger charge is 2.27. The van der Waals surface area contributed by atoms with Crippen molar-refractivity contribution in [2.75, 3.05) is 7.11 Å². The van der Waals surface area contributed by atoms with Crippen LogP contribution in [0.4, 0.5) is 0 Å². The maximum atomic E-state index is 5.60. The summed E-state index contributed by atoms with van der Waals surface area (Å²) in [6.07, 6.45) is 8.81. The lowest BCUT2D eigenvalue weighted by molar-refractivity contribution is 0.413. The molecule has 150 valence electrons. The fourth-order valence-electron chi connectivity index (χ4n) is 3.98. The number of imidazole rings is 1. The molecular weight excluding hydrogens is 374 g/mol. The zero-order chi connectivity index (χ0) is 20.5. The van der Waals surface area contributed by atoms with Gasteiger partial charge in [-0.3, -0.25) is 0 Å². The van der Waals surface area contributed by atoms with Gasteiger partial charge in [0, 0.05) is 18.7 Å². The van der Waals surface area contributed by atoms with Gasteiger partial charge in [-0.25, -0.2) is 14.6 Å². The average molecular weight is 397 g/mol. The Morgan fingerprint density at radius 1 is 1.10 bits per heavy atom. The van der Waals surface area contributed by atoms with Crippen molar-refractivity contribution in [3.05, 3.63) is 89.5 Å². The second-order valence-corrected chi connectivity index (χ2v) is 7.49. The van der Waals surface area contributed by atoms with Crippen molar-refractivity contribution in [3.63, 3.8) is 0 Å². The number of methoxy groups -OCH3 is 1. The first-order valence-corrected chi connectivity index (χ1v) is 10.1. The molecule has 5 rings (SSSR count). The minimum absolute atomic E-state index is 0.318. The lowest BCUT2D eigenvalue weighted by Gasteiger charge is -2.09. The molecule has 0 bridgehead atoms. The zero-order valence-corrected chi connectivity index (χ0v) is 17.1. The Balaban J connectivity index is 1.39. The fraction of sp³-hybridized carbons (Fsp3) is 0.208. The summed E-state index contributed by atoms with van der Waals surface area (Å²) in [4.78, 5) is 9.09. The van der Waals surface area contributed by atoms with Crippen molar-refractivity contribution in [1.82, 2.24) is 24.3 Å². The molecule has 3 heterocycles. The lowest BCUT2D eigenvalue weighted by atomic mass is 9.97. The second kappa shape index (κ2) is 7.63. The molecular formula is C24H23N5O. The first kappa shape index (κ1) is 18.4. The molecule has 1 aliphatic rings. The Kier molecular flexibility index (Phi) is 4.67. The van der Waals surface area contributed by atoms with Crippen LogP contribution < -0.4 is 4.74 Å². The van der Waals surface area contributed by atoms with Crippen LogP contribution in [-0.4, -0.2) is 31.4 Å². The number of aryl methyl sites for hydroxylation is 2. The van der Waals surface area contributed by atoms with E-state index in [-0.39, 0.29) is 0 Å². The standard InChI is InChI=1S/C24H23N5O/c1-17-15-28(16-25-17)21-10-8-18(14-22(21)30-2)9-11-23-26-24-20(12-13-29(24)27-23)19-6-4-3-5-7-19/h3-11,14-16,20H,12-13H2,1-2H3/t20-/m1/s1. The van der Waals surface area contributed by atoms with Crippen LogP contribution in [0.2, 0.25) is 0 Å². The van der Waals surface area contributed by atoms with E-state index in [2.05, 4.69) is 40.4 Å². The molecule has 0 saturated heterocycles. The van der Waals surface area contributed by atoms with Gasteiger partial charge >= 0.3 is 0 Å². The Labute approximate surface area is 175 Å². The minimum Gasteiger partial charge on any atom is -0.495 e. The Bertz CT molecular complexity index is 1210. The topological polar surface area (TPSA) is 57.8 Å². The summed E-state index contributed by atoms with van der Waals surface area (Å²) in [7, 11) is 1.68. The van der Waals surface area contributed by atoms with Crippen LogP contribution in [0.5, 0.6) is 5.75 Å².